The second kappa shape index (κ2) is 7.87. The Morgan fingerprint density at radius 2 is 1.76 bits per heavy atom. The molecule has 0 unspecified atom stereocenters. The van der Waals surface area contributed by atoms with Gasteiger partial charge >= 0.3 is 0 Å². The second-order valence-electron chi connectivity index (χ2n) is 7.20. The van der Waals surface area contributed by atoms with E-state index < -0.39 is 0 Å². The van der Waals surface area contributed by atoms with E-state index in [9.17, 15) is 4.79 Å². The van der Waals surface area contributed by atoms with Crippen molar-refractivity contribution in [1.29, 1.82) is 0 Å². The number of amides is 1. The summed E-state index contributed by atoms with van der Waals surface area (Å²) in [6, 6.07) is 20.0. The number of nitrogens with one attached hydrogen (secondary N) is 1. The zero-order valence-electron chi connectivity index (χ0n) is 16.9. The van der Waals surface area contributed by atoms with Crippen LogP contribution >= 0.6 is 0 Å². The predicted molar refractivity (Wildman–Crippen MR) is 116 cm³/mol. The van der Waals surface area contributed by atoms with E-state index in [1.54, 1.807) is 0 Å². The van der Waals surface area contributed by atoms with E-state index in [0.717, 1.165) is 46.0 Å². The molecule has 5 heteroatoms. The summed E-state index contributed by atoms with van der Waals surface area (Å²) in [4.78, 5) is 17.3. The van der Waals surface area contributed by atoms with Gasteiger partial charge in [-0.1, -0.05) is 49.4 Å². The van der Waals surface area contributed by atoms with Crippen molar-refractivity contribution in [3.8, 4) is 11.3 Å². The minimum absolute atomic E-state index is 0.0583. The number of carbonyl (C=O) groups is 1. The number of aromatic nitrogens is 3. The molecule has 0 radical (unpaired) electrons. The van der Waals surface area contributed by atoms with Crippen molar-refractivity contribution in [1.82, 2.24) is 14.6 Å². The number of benzene rings is 2. The molecular weight excluding hydrogens is 360 g/mol. The molecule has 0 fully saturated rings. The van der Waals surface area contributed by atoms with Gasteiger partial charge in [-0.3, -0.25) is 4.79 Å². The van der Waals surface area contributed by atoms with Crippen LogP contribution in [0.4, 0.5) is 5.69 Å². The van der Waals surface area contributed by atoms with Crippen LogP contribution in [0.25, 0.3) is 16.9 Å². The molecule has 0 aliphatic carbocycles. The molecule has 5 nitrogen and oxygen atoms in total. The van der Waals surface area contributed by atoms with Gasteiger partial charge in [-0.25, -0.2) is 9.50 Å². The van der Waals surface area contributed by atoms with Crippen LogP contribution < -0.4 is 5.32 Å². The highest BCUT2D eigenvalue weighted by atomic mass is 16.1. The number of hydrogen-bond donors (Lipinski definition) is 1. The van der Waals surface area contributed by atoms with Crippen molar-refractivity contribution >= 4 is 17.2 Å². The van der Waals surface area contributed by atoms with Crippen LogP contribution in [-0.4, -0.2) is 20.5 Å². The minimum Gasteiger partial charge on any atom is -0.326 e. The van der Waals surface area contributed by atoms with Crippen LogP contribution in [-0.2, 0) is 17.6 Å². The van der Waals surface area contributed by atoms with Crippen molar-refractivity contribution in [2.75, 3.05) is 5.32 Å². The van der Waals surface area contributed by atoms with Crippen molar-refractivity contribution in [3.63, 3.8) is 0 Å². The van der Waals surface area contributed by atoms with E-state index in [4.69, 9.17) is 5.10 Å². The molecule has 0 saturated heterocycles. The lowest BCUT2D eigenvalue weighted by molar-refractivity contribution is -0.115. The maximum Gasteiger partial charge on any atom is 0.228 e. The van der Waals surface area contributed by atoms with Crippen molar-refractivity contribution in [2.24, 2.45) is 0 Å². The molecule has 2 heterocycles. The first-order chi connectivity index (χ1) is 14.0. The van der Waals surface area contributed by atoms with Gasteiger partial charge in [0.1, 0.15) is 0 Å². The first-order valence-electron chi connectivity index (χ1n) is 9.85. The van der Waals surface area contributed by atoms with Gasteiger partial charge in [0.2, 0.25) is 5.91 Å². The topological polar surface area (TPSA) is 59.3 Å². The van der Waals surface area contributed by atoms with Crippen LogP contribution in [0, 0.1) is 13.8 Å². The van der Waals surface area contributed by atoms with Gasteiger partial charge in [0.25, 0.3) is 0 Å². The fourth-order valence-electron chi connectivity index (χ4n) is 3.52. The third-order valence-corrected chi connectivity index (χ3v) is 5.22. The fourth-order valence-corrected chi connectivity index (χ4v) is 3.52. The first-order valence-corrected chi connectivity index (χ1v) is 9.85. The van der Waals surface area contributed by atoms with E-state index in [1.165, 1.54) is 5.56 Å². The number of hydrogen-bond acceptors (Lipinski definition) is 3. The van der Waals surface area contributed by atoms with E-state index in [-0.39, 0.29) is 12.3 Å². The molecule has 1 N–H and O–H groups in total. The lowest BCUT2D eigenvalue weighted by atomic mass is 10.1. The molecule has 2 aromatic heterocycles. The smallest absolute Gasteiger partial charge is 0.228 e. The molecule has 0 bridgehead atoms. The lowest BCUT2D eigenvalue weighted by Gasteiger charge is -2.11. The van der Waals surface area contributed by atoms with Crippen molar-refractivity contribution in [2.45, 2.75) is 33.6 Å². The third kappa shape index (κ3) is 3.90. The number of nitrogens with zero attached hydrogens (tertiary/aromatic N) is 3. The molecule has 0 aliphatic heterocycles. The molecule has 146 valence electrons. The molecular formula is C24H24N4O. The Balaban J connectivity index is 1.60. The summed E-state index contributed by atoms with van der Waals surface area (Å²) in [6.45, 7) is 6.05. The van der Waals surface area contributed by atoms with E-state index >= 15 is 0 Å². The van der Waals surface area contributed by atoms with Gasteiger partial charge in [-0.05, 0) is 38.0 Å². The lowest BCUT2D eigenvalue weighted by Crippen LogP contribution is -2.17. The fraction of sp³-hybridized carbons (Fsp3) is 0.208. The third-order valence-electron chi connectivity index (χ3n) is 5.22. The molecule has 0 spiro atoms. The van der Waals surface area contributed by atoms with E-state index in [0.29, 0.717) is 0 Å². The molecule has 2 aromatic carbocycles. The monoisotopic (exact) mass is 384 g/mol. The largest absolute Gasteiger partial charge is 0.326 e. The van der Waals surface area contributed by atoms with Gasteiger partial charge in [-0.2, -0.15) is 5.10 Å². The van der Waals surface area contributed by atoms with Gasteiger partial charge in [0.15, 0.2) is 5.65 Å². The van der Waals surface area contributed by atoms with Gasteiger partial charge in [-0.15, -0.1) is 0 Å². The average Bonchev–Trinajstić information content (AvgIpc) is 3.16. The van der Waals surface area contributed by atoms with E-state index in [2.05, 4.69) is 17.2 Å². The summed E-state index contributed by atoms with van der Waals surface area (Å²) >= 11 is 0. The van der Waals surface area contributed by atoms with Crippen LogP contribution in [0.3, 0.4) is 0 Å². The normalized spacial score (nSPS) is 11.0. The first kappa shape index (κ1) is 18.9. The Morgan fingerprint density at radius 3 is 2.45 bits per heavy atom. The summed E-state index contributed by atoms with van der Waals surface area (Å²) in [5, 5.41) is 7.70. The zero-order valence-corrected chi connectivity index (χ0v) is 16.9. The Bertz CT molecular complexity index is 1160. The average molecular weight is 384 g/mol. The SMILES string of the molecule is CCc1ccc(NC(=O)Cc2c(C)nc3cc(-c4ccccc4)nn3c2C)cc1. The summed E-state index contributed by atoms with van der Waals surface area (Å²) in [5.41, 5.74) is 7.46. The number of aryl methyl sites for hydroxylation is 3. The molecule has 0 saturated carbocycles. The Labute approximate surface area is 170 Å². The highest BCUT2D eigenvalue weighted by Crippen LogP contribution is 2.22. The number of anilines is 1. The van der Waals surface area contributed by atoms with Crippen molar-refractivity contribution < 1.29 is 4.79 Å². The van der Waals surface area contributed by atoms with Gasteiger partial charge in [0.05, 0.1) is 12.1 Å². The van der Waals surface area contributed by atoms with Gasteiger partial charge < -0.3 is 5.32 Å². The maximum atomic E-state index is 12.6. The molecule has 4 aromatic rings. The summed E-state index contributed by atoms with van der Waals surface area (Å²) in [7, 11) is 0. The summed E-state index contributed by atoms with van der Waals surface area (Å²) in [6.07, 6.45) is 1.24. The van der Waals surface area contributed by atoms with Gasteiger partial charge in [0, 0.05) is 34.3 Å². The molecule has 0 atom stereocenters. The Hall–Kier alpha value is -3.47. The summed E-state index contributed by atoms with van der Waals surface area (Å²) < 4.78 is 1.83. The van der Waals surface area contributed by atoms with Crippen molar-refractivity contribution in [3.05, 3.63) is 83.2 Å². The predicted octanol–water partition coefficient (Wildman–Crippen LogP) is 4.76. The second-order valence-corrected chi connectivity index (χ2v) is 7.20. The maximum absolute atomic E-state index is 12.6. The Morgan fingerprint density at radius 1 is 1.03 bits per heavy atom. The molecule has 0 aliphatic rings. The molecule has 29 heavy (non-hydrogen) atoms. The minimum atomic E-state index is -0.0583. The zero-order chi connectivity index (χ0) is 20.4. The number of rotatable bonds is 5. The Kier molecular flexibility index (Phi) is 5.12. The standard InChI is InChI=1S/C24H24N4O/c1-4-18-10-12-20(13-11-18)26-24(29)14-21-16(2)25-23-15-22(27-28(23)17(21)3)19-8-6-5-7-9-19/h5-13,15H,4,14H2,1-3H3,(H,26,29). The molecule has 1 amide bonds. The van der Waals surface area contributed by atoms with E-state index in [1.807, 2.05) is 79.0 Å². The van der Waals surface area contributed by atoms with Crippen LogP contribution in [0.2, 0.25) is 0 Å². The van der Waals surface area contributed by atoms with Crippen LogP contribution in [0.15, 0.2) is 60.7 Å². The highest BCUT2D eigenvalue weighted by molar-refractivity contribution is 5.92. The van der Waals surface area contributed by atoms with Crippen LogP contribution in [0.5, 0.6) is 0 Å². The number of carbonyl (C=O) groups excluding carboxylic acids is 1. The summed E-state index contributed by atoms with van der Waals surface area (Å²) in [5.74, 6) is -0.0583. The molecule has 4 rings (SSSR count). The quantitative estimate of drug-likeness (QED) is 0.540. The van der Waals surface area contributed by atoms with Crippen LogP contribution in [0.1, 0.15) is 29.4 Å². The number of fused-ring (bicyclic) bond motifs is 1. The highest BCUT2D eigenvalue weighted by Gasteiger charge is 2.16.